The number of hydrogen-bond acceptors (Lipinski definition) is 4. The monoisotopic (exact) mass is 328 g/mol. The van der Waals surface area contributed by atoms with E-state index in [-0.39, 0.29) is 12.4 Å². The molecule has 0 radical (unpaired) electrons. The van der Waals surface area contributed by atoms with Crippen LogP contribution in [0, 0.1) is 0 Å². The third kappa shape index (κ3) is 4.19. The van der Waals surface area contributed by atoms with Crippen LogP contribution in [0.25, 0.3) is 0 Å². The first-order valence-electron chi connectivity index (χ1n) is 4.31. The molecular weight excluding hydrogens is 320 g/mol. The average molecular weight is 330 g/mol. The Kier molecular flexibility index (Phi) is 4.89. The van der Waals surface area contributed by atoms with Gasteiger partial charge in [0.05, 0.1) is 17.3 Å². The second-order valence-electron chi connectivity index (χ2n) is 2.86. The van der Waals surface area contributed by atoms with E-state index in [9.17, 15) is 8.42 Å². The lowest BCUT2D eigenvalue weighted by Crippen LogP contribution is -2.09. The summed E-state index contributed by atoms with van der Waals surface area (Å²) in [6.07, 6.45) is 0. The lowest BCUT2D eigenvalue weighted by molar-refractivity contribution is 0.310. The van der Waals surface area contributed by atoms with Gasteiger partial charge in [0.1, 0.15) is 6.61 Å². The maximum atomic E-state index is 10.7. The first-order valence-corrected chi connectivity index (χ1v) is 7.59. The van der Waals surface area contributed by atoms with E-state index in [0.29, 0.717) is 16.0 Å². The summed E-state index contributed by atoms with van der Waals surface area (Å²) in [4.78, 5) is 0. The Labute approximate surface area is 107 Å². The fraction of sp³-hybridized carbons (Fsp3) is 0.333. The predicted molar refractivity (Wildman–Crippen MR) is 65.8 cm³/mol. The summed E-state index contributed by atoms with van der Waals surface area (Å²) in [5, 5.41) is 0. The van der Waals surface area contributed by atoms with Crippen molar-refractivity contribution in [2.75, 3.05) is 19.5 Å². The van der Waals surface area contributed by atoms with Gasteiger partial charge in [-0.3, -0.25) is 0 Å². The van der Waals surface area contributed by atoms with Crippen molar-refractivity contribution in [1.29, 1.82) is 0 Å². The molecule has 0 saturated carbocycles. The van der Waals surface area contributed by atoms with Crippen LogP contribution in [0.4, 0.5) is 0 Å². The number of para-hydroxylation sites is 1. The van der Waals surface area contributed by atoms with Gasteiger partial charge < -0.3 is 9.47 Å². The summed E-state index contributed by atoms with van der Waals surface area (Å²) in [5.74, 6) is 0.741. The summed E-state index contributed by atoms with van der Waals surface area (Å²) in [6.45, 7) is -0.0230. The quantitative estimate of drug-likeness (QED) is 0.779. The van der Waals surface area contributed by atoms with Gasteiger partial charge in [-0.15, -0.1) is 0 Å². The van der Waals surface area contributed by atoms with Crippen LogP contribution >= 0.6 is 26.6 Å². The van der Waals surface area contributed by atoms with Crippen molar-refractivity contribution < 1.29 is 17.9 Å². The van der Waals surface area contributed by atoms with Crippen molar-refractivity contribution in [1.82, 2.24) is 0 Å². The molecule has 0 fully saturated rings. The van der Waals surface area contributed by atoms with Gasteiger partial charge in [0.2, 0.25) is 9.05 Å². The highest BCUT2D eigenvalue weighted by molar-refractivity contribution is 9.10. The van der Waals surface area contributed by atoms with Gasteiger partial charge in [-0.25, -0.2) is 8.42 Å². The van der Waals surface area contributed by atoms with Gasteiger partial charge in [0, 0.05) is 10.7 Å². The number of methoxy groups -OCH3 is 1. The average Bonchev–Trinajstić information content (AvgIpc) is 2.18. The smallest absolute Gasteiger partial charge is 0.235 e. The molecule has 0 atom stereocenters. The highest BCUT2D eigenvalue weighted by atomic mass is 79.9. The van der Waals surface area contributed by atoms with Crippen LogP contribution in [0.3, 0.4) is 0 Å². The third-order valence-electron chi connectivity index (χ3n) is 1.72. The van der Waals surface area contributed by atoms with E-state index in [4.69, 9.17) is 20.2 Å². The Balaban J connectivity index is 2.73. The molecule has 0 aliphatic carbocycles. The lowest BCUT2D eigenvalue weighted by atomic mass is 10.3. The van der Waals surface area contributed by atoms with E-state index in [1.54, 1.807) is 18.2 Å². The molecular formula is C9H10BrClO4S. The Morgan fingerprint density at radius 1 is 1.44 bits per heavy atom. The van der Waals surface area contributed by atoms with Gasteiger partial charge in [0.15, 0.2) is 11.5 Å². The Hall–Kier alpha value is -0.460. The number of benzene rings is 1. The molecule has 7 heteroatoms. The van der Waals surface area contributed by atoms with Crippen LogP contribution in [0.15, 0.2) is 22.7 Å². The van der Waals surface area contributed by atoms with E-state index in [1.165, 1.54) is 7.11 Å². The van der Waals surface area contributed by atoms with Crippen LogP contribution in [-0.4, -0.2) is 27.9 Å². The molecule has 4 nitrogen and oxygen atoms in total. The van der Waals surface area contributed by atoms with Crippen molar-refractivity contribution in [3.63, 3.8) is 0 Å². The fourth-order valence-corrected chi connectivity index (χ4v) is 1.97. The van der Waals surface area contributed by atoms with Gasteiger partial charge in [-0.2, -0.15) is 0 Å². The van der Waals surface area contributed by atoms with Crippen LogP contribution in [0.2, 0.25) is 0 Å². The molecule has 0 saturated heterocycles. The van der Waals surface area contributed by atoms with Crippen molar-refractivity contribution in [3.05, 3.63) is 22.7 Å². The number of hydrogen-bond donors (Lipinski definition) is 0. The predicted octanol–water partition coefficient (Wildman–Crippen LogP) is 2.41. The van der Waals surface area contributed by atoms with Crippen LogP contribution in [0.1, 0.15) is 0 Å². The normalized spacial score (nSPS) is 11.2. The zero-order valence-electron chi connectivity index (χ0n) is 8.44. The Bertz CT molecular complexity index is 461. The van der Waals surface area contributed by atoms with E-state index in [2.05, 4.69) is 15.9 Å². The fourth-order valence-electron chi connectivity index (χ4n) is 1.03. The van der Waals surface area contributed by atoms with E-state index >= 15 is 0 Å². The van der Waals surface area contributed by atoms with Crippen LogP contribution in [-0.2, 0) is 9.05 Å². The second kappa shape index (κ2) is 5.75. The zero-order valence-corrected chi connectivity index (χ0v) is 11.6. The molecule has 0 N–H and O–H groups in total. The molecule has 0 aliphatic heterocycles. The molecule has 0 unspecified atom stereocenters. The number of halogens is 2. The summed E-state index contributed by atoms with van der Waals surface area (Å²) >= 11 is 3.28. The Morgan fingerprint density at radius 2 is 2.12 bits per heavy atom. The van der Waals surface area contributed by atoms with E-state index in [1.807, 2.05) is 0 Å². The molecule has 90 valence electrons. The standard InChI is InChI=1S/C9H10BrClO4S/c1-14-8-4-2-3-7(10)9(8)15-5-6-16(11,12)13/h2-4H,5-6H2,1H3. The first-order chi connectivity index (χ1) is 7.44. The zero-order chi connectivity index (χ0) is 12.2. The van der Waals surface area contributed by atoms with Gasteiger partial charge in [-0.1, -0.05) is 6.07 Å². The summed E-state index contributed by atoms with van der Waals surface area (Å²) in [6, 6.07) is 5.27. The largest absolute Gasteiger partial charge is 0.493 e. The minimum absolute atomic E-state index is 0.0230. The van der Waals surface area contributed by atoms with E-state index in [0.717, 1.165) is 0 Å². The van der Waals surface area contributed by atoms with Gasteiger partial charge >= 0.3 is 0 Å². The molecule has 0 bridgehead atoms. The topological polar surface area (TPSA) is 52.6 Å². The minimum atomic E-state index is -3.54. The molecule has 1 aromatic rings. The maximum Gasteiger partial charge on any atom is 0.235 e. The lowest BCUT2D eigenvalue weighted by Gasteiger charge is -2.11. The summed E-state index contributed by atoms with van der Waals surface area (Å²) < 4.78 is 32.5. The summed E-state index contributed by atoms with van der Waals surface area (Å²) in [5.41, 5.74) is 0. The van der Waals surface area contributed by atoms with Crippen molar-refractivity contribution in [3.8, 4) is 11.5 Å². The second-order valence-corrected chi connectivity index (χ2v) is 6.61. The molecule has 0 aromatic heterocycles. The minimum Gasteiger partial charge on any atom is -0.493 e. The molecule has 0 amide bonds. The first kappa shape index (κ1) is 13.6. The number of rotatable bonds is 5. The molecule has 0 heterocycles. The van der Waals surface area contributed by atoms with E-state index < -0.39 is 9.05 Å². The van der Waals surface area contributed by atoms with Crippen molar-refractivity contribution >= 4 is 35.7 Å². The van der Waals surface area contributed by atoms with Crippen molar-refractivity contribution in [2.24, 2.45) is 0 Å². The van der Waals surface area contributed by atoms with Gasteiger partial charge in [-0.05, 0) is 28.1 Å². The molecule has 1 rings (SSSR count). The van der Waals surface area contributed by atoms with Crippen LogP contribution < -0.4 is 9.47 Å². The molecule has 0 aliphatic rings. The van der Waals surface area contributed by atoms with Gasteiger partial charge in [0.25, 0.3) is 0 Å². The highest BCUT2D eigenvalue weighted by Crippen LogP contribution is 2.34. The molecule has 1 aromatic carbocycles. The summed E-state index contributed by atoms with van der Waals surface area (Å²) in [7, 11) is 3.03. The van der Waals surface area contributed by atoms with Crippen LogP contribution in [0.5, 0.6) is 11.5 Å². The Morgan fingerprint density at radius 3 is 2.69 bits per heavy atom. The highest BCUT2D eigenvalue weighted by Gasteiger charge is 2.10. The third-order valence-corrected chi connectivity index (χ3v) is 3.47. The maximum absolute atomic E-state index is 10.7. The molecule has 16 heavy (non-hydrogen) atoms. The van der Waals surface area contributed by atoms with Crippen molar-refractivity contribution in [2.45, 2.75) is 0 Å². The number of ether oxygens (including phenoxy) is 2. The molecule has 0 spiro atoms. The SMILES string of the molecule is COc1cccc(Br)c1OCCS(=O)(=O)Cl.